The number of hydrogen-bond acceptors (Lipinski definition) is 5. The molecule has 2 N–H and O–H groups in total. The molecular weight excluding hydrogens is 371 g/mol. The van der Waals surface area contributed by atoms with Gasteiger partial charge in [-0.2, -0.15) is 5.10 Å². The molecule has 2 aromatic carbocycles. The van der Waals surface area contributed by atoms with Crippen LogP contribution in [0.15, 0.2) is 72.9 Å². The van der Waals surface area contributed by atoms with Gasteiger partial charge in [0, 0.05) is 23.1 Å². The Morgan fingerprint density at radius 3 is 2.24 bits per heavy atom. The van der Waals surface area contributed by atoms with Crippen LogP contribution in [0.1, 0.15) is 16.1 Å². The number of carbonyl (C=O) groups excluding carboxylic acids is 1. The van der Waals surface area contributed by atoms with Crippen LogP contribution in [-0.2, 0) is 0 Å². The number of amides is 1. The lowest BCUT2D eigenvalue weighted by atomic mass is 10.2. The van der Waals surface area contributed by atoms with Gasteiger partial charge in [-0.25, -0.2) is 9.07 Å². The predicted octanol–water partition coefficient (Wildman–Crippen LogP) is 4.11. The van der Waals surface area contributed by atoms with Crippen LogP contribution in [0.3, 0.4) is 0 Å². The van der Waals surface area contributed by atoms with Crippen molar-refractivity contribution in [2.75, 3.05) is 10.6 Å². The Bertz CT molecular complexity index is 1120. The number of aryl methyl sites for hydroxylation is 1. The highest BCUT2D eigenvalue weighted by Crippen LogP contribution is 2.18. The van der Waals surface area contributed by atoms with Crippen molar-refractivity contribution in [1.82, 2.24) is 20.0 Å². The maximum atomic E-state index is 13.0. The van der Waals surface area contributed by atoms with Gasteiger partial charge in [0.05, 0.1) is 5.69 Å². The highest BCUT2D eigenvalue weighted by molar-refractivity contribution is 6.04. The molecule has 0 atom stereocenters. The van der Waals surface area contributed by atoms with E-state index in [0.717, 1.165) is 11.4 Å². The smallest absolute Gasteiger partial charge is 0.255 e. The lowest BCUT2D eigenvalue weighted by Crippen LogP contribution is -2.11. The first-order valence-electron chi connectivity index (χ1n) is 8.87. The van der Waals surface area contributed by atoms with E-state index in [9.17, 15) is 9.18 Å². The molecule has 4 aromatic rings. The second kappa shape index (κ2) is 7.89. The molecule has 7 nitrogen and oxygen atoms in total. The number of halogens is 1. The first-order valence-corrected chi connectivity index (χ1v) is 8.87. The van der Waals surface area contributed by atoms with Crippen molar-refractivity contribution in [3.05, 3.63) is 90.0 Å². The van der Waals surface area contributed by atoms with E-state index in [1.165, 1.54) is 24.3 Å². The summed E-state index contributed by atoms with van der Waals surface area (Å²) in [5.41, 5.74) is 2.71. The van der Waals surface area contributed by atoms with Crippen molar-refractivity contribution in [3.63, 3.8) is 0 Å². The van der Waals surface area contributed by atoms with E-state index < -0.39 is 0 Å². The minimum atomic E-state index is -0.382. The predicted molar refractivity (Wildman–Crippen MR) is 108 cm³/mol. The maximum absolute atomic E-state index is 13.0. The second-order valence-corrected chi connectivity index (χ2v) is 6.34. The van der Waals surface area contributed by atoms with Gasteiger partial charge in [-0.3, -0.25) is 4.79 Å². The number of carbonyl (C=O) groups is 1. The molecule has 0 unspecified atom stereocenters. The zero-order valence-electron chi connectivity index (χ0n) is 15.5. The van der Waals surface area contributed by atoms with E-state index in [2.05, 4.69) is 25.9 Å². The second-order valence-electron chi connectivity index (χ2n) is 6.34. The van der Waals surface area contributed by atoms with E-state index >= 15 is 0 Å². The number of aromatic nitrogens is 4. The summed E-state index contributed by atoms with van der Waals surface area (Å²) < 4.78 is 14.6. The van der Waals surface area contributed by atoms with Crippen LogP contribution in [0.5, 0.6) is 0 Å². The zero-order chi connectivity index (χ0) is 20.2. The third kappa shape index (κ3) is 4.44. The van der Waals surface area contributed by atoms with Crippen molar-refractivity contribution < 1.29 is 9.18 Å². The van der Waals surface area contributed by atoms with Gasteiger partial charge in [-0.05, 0) is 73.7 Å². The molecule has 0 aliphatic heterocycles. The molecule has 29 heavy (non-hydrogen) atoms. The summed E-state index contributed by atoms with van der Waals surface area (Å²) in [5.74, 6) is 0.525. The van der Waals surface area contributed by atoms with E-state index in [1.807, 2.05) is 43.5 Å². The summed E-state index contributed by atoms with van der Waals surface area (Å²) in [7, 11) is 0. The summed E-state index contributed by atoms with van der Waals surface area (Å²) in [4.78, 5) is 12.2. The van der Waals surface area contributed by atoms with Crippen LogP contribution >= 0.6 is 0 Å². The fourth-order valence-corrected chi connectivity index (χ4v) is 2.65. The maximum Gasteiger partial charge on any atom is 0.255 e. The van der Waals surface area contributed by atoms with Crippen molar-refractivity contribution in [3.8, 4) is 5.82 Å². The Kier molecular flexibility index (Phi) is 4.98. The highest BCUT2D eigenvalue weighted by atomic mass is 19.1. The first-order chi connectivity index (χ1) is 14.1. The molecule has 0 fully saturated rings. The quantitative estimate of drug-likeness (QED) is 0.538. The number of benzene rings is 2. The van der Waals surface area contributed by atoms with Crippen LogP contribution in [0.25, 0.3) is 5.82 Å². The summed E-state index contributed by atoms with van der Waals surface area (Å²) >= 11 is 0. The Morgan fingerprint density at radius 2 is 1.62 bits per heavy atom. The lowest BCUT2D eigenvalue weighted by molar-refractivity contribution is 0.102. The average molecular weight is 388 g/mol. The van der Waals surface area contributed by atoms with Crippen LogP contribution in [0, 0.1) is 12.7 Å². The van der Waals surface area contributed by atoms with E-state index in [0.29, 0.717) is 22.9 Å². The third-order valence-electron chi connectivity index (χ3n) is 4.13. The largest absolute Gasteiger partial charge is 0.339 e. The fourth-order valence-electron chi connectivity index (χ4n) is 2.65. The topological polar surface area (TPSA) is 84.7 Å². The Hall–Kier alpha value is -4.07. The van der Waals surface area contributed by atoms with Crippen LogP contribution in [0.4, 0.5) is 21.6 Å². The number of rotatable bonds is 5. The van der Waals surface area contributed by atoms with Crippen LogP contribution < -0.4 is 10.6 Å². The Labute approximate surface area is 166 Å². The van der Waals surface area contributed by atoms with Crippen LogP contribution in [0.2, 0.25) is 0 Å². The van der Waals surface area contributed by atoms with Gasteiger partial charge in [-0.15, -0.1) is 10.2 Å². The monoisotopic (exact) mass is 388 g/mol. The molecule has 0 bridgehead atoms. The summed E-state index contributed by atoms with van der Waals surface area (Å²) in [6, 6.07) is 18.0. The van der Waals surface area contributed by atoms with E-state index in [-0.39, 0.29) is 11.7 Å². The number of nitrogens with one attached hydrogen (secondary N) is 2. The standard InChI is InChI=1S/C21H17FN6O/c1-14-12-13-28(27-14)20-11-10-19(25-26-20)23-17-6-8-18(9-7-17)24-21(29)15-2-4-16(22)5-3-15/h2-13H,1H3,(H,23,25)(H,24,29). The summed E-state index contributed by atoms with van der Waals surface area (Å²) in [5, 5.41) is 18.5. The van der Waals surface area contributed by atoms with Crippen molar-refractivity contribution in [2.45, 2.75) is 6.92 Å². The SMILES string of the molecule is Cc1ccn(-c2ccc(Nc3ccc(NC(=O)c4ccc(F)cc4)cc3)nn2)n1. The van der Waals surface area contributed by atoms with Gasteiger partial charge in [0.15, 0.2) is 11.6 Å². The summed E-state index contributed by atoms with van der Waals surface area (Å²) in [6.45, 7) is 1.91. The lowest BCUT2D eigenvalue weighted by Gasteiger charge is -2.08. The van der Waals surface area contributed by atoms with Gasteiger partial charge >= 0.3 is 0 Å². The number of hydrogen-bond donors (Lipinski definition) is 2. The van der Waals surface area contributed by atoms with Crippen molar-refractivity contribution in [1.29, 1.82) is 0 Å². The molecule has 8 heteroatoms. The Balaban J connectivity index is 1.39. The number of anilines is 3. The molecule has 0 saturated carbocycles. The van der Waals surface area contributed by atoms with Crippen molar-refractivity contribution >= 4 is 23.1 Å². The molecule has 0 saturated heterocycles. The molecular formula is C21H17FN6O. The Morgan fingerprint density at radius 1 is 0.897 bits per heavy atom. The molecule has 0 radical (unpaired) electrons. The minimum absolute atomic E-state index is 0.305. The minimum Gasteiger partial charge on any atom is -0.339 e. The highest BCUT2D eigenvalue weighted by Gasteiger charge is 2.07. The van der Waals surface area contributed by atoms with Gasteiger partial charge in [0.25, 0.3) is 5.91 Å². The van der Waals surface area contributed by atoms with Crippen LogP contribution in [-0.4, -0.2) is 25.9 Å². The van der Waals surface area contributed by atoms with Gasteiger partial charge in [-0.1, -0.05) is 0 Å². The first kappa shape index (κ1) is 18.3. The third-order valence-corrected chi connectivity index (χ3v) is 4.13. The average Bonchev–Trinajstić information content (AvgIpc) is 3.17. The van der Waals surface area contributed by atoms with E-state index in [4.69, 9.17) is 0 Å². The normalized spacial score (nSPS) is 10.6. The molecule has 0 spiro atoms. The molecule has 4 rings (SSSR count). The fraction of sp³-hybridized carbons (Fsp3) is 0.0476. The number of nitrogens with zero attached hydrogens (tertiary/aromatic N) is 4. The van der Waals surface area contributed by atoms with Crippen molar-refractivity contribution in [2.24, 2.45) is 0 Å². The summed E-state index contributed by atoms with van der Waals surface area (Å²) in [6.07, 6.45) is 1.82. The zero-order valence-corrected chi connectivity index (χ0v) is 15.5. The van der Waals surface area contributed by atoms with Gasteiger partial charge in [0.1, 0.15) is 5.82 Å². The van der Waals surface area contributed by atoms with Gasteiger partial charge < -0.3 is 10.6 Å². The molecule has 2 heterocycles. The van der Waals surface area contributed by atoms with E-state index in [1.54, 1.807) is 16.8 Å². The van der Waals surface area contributed by atoms with Gasteiger partial charge in [0.2, 0.25) is 0 Å². The molecule has 0 aliphatic rings. The molecule has 2 aromatic heterocycles. The molecule has 0 aliphatic carbocycles. The molecule has 1 amide bonds. The molecule has 144 valence electrons.